The van der Waals surface area contributed by atoms with E-state index in [4.69, 9.17) is 4.52 Å². The molecule has 0 spiro atoms. The SMILES string of the molecule is CCCCCCCCCCCc1noc(-c2ccc(C(Cc3ccccc3C(F)(F)F)[N][O])cc2)n1. The van der Waals surface area contributed by atoms with Crippen molar-refractivity contribution in [2.45, 2.75) is 89.8 Å². The van der Waals surface area contributed by atoms with Crippen molar-refractivity contribution in [2.75, 3.05) is 0 Å². The number of benzene rings is 2. The molecule has 0 aliphatic carbocycles. The van der Waals surface area contributed by atoms with Gasteiger partial charge in [0.1, 0.15) is 0 Å². The second-order valence-corrected chi connectivity index (χ2v) is 9.20. The van der Waals surface area contributed by atoms with E-state index in [1.165, 1.54) is 63.1 Å². The van der Waals surface area contributed by atoms with Crippen LogP contribution in [0.1, 0.15) is 93.3 Å². The minimum atomic E-state index is -4.49. The highest BCUT2D eigenvalue weighted by Crippen LogP contribution is 2.34. The molecule has 0 aliphatic heterocycles. The summed E-state index contributed by atoms with van der Waals surface area (Å²) in [5.74, 6) is 1.04. The Kier molecular flexibility index (Phi) is 10.9. The van der Waals surface area contributed by atoms with E-state index in [2.05, 4.69) is 22.5 Å². The lowest BCUT2D eigenvalue weighted by molar-refractivity contribution is -0.138. The maximum absolute atomic E-state index is 13.3. The van der Waals surface area contributed by atoms with Crippen LogP contribution < -0.4 is 5.48 Å². The molecule has 36 heavy (non-hydrogen) atoms. The van der Waals surface area contributed by atoms with E-state index in [9.17, 15) is 18.4 Å². The number of aromatic nitrogens is 2. The highest BCUT2D eigenvalue weighted by Gasteiger charge is 2.33. The number of hydrogen-bond acceptors (Lipinski definition) is 3. The average Bonchev–Trinajstić information content (AvgIpc) is 3.35. The number of unbranched alkanes of at least 4 members (excludes halogenated alkanes) is 8. The van der Waals surface area contributed by atoms with Gasteiger partial charge in [0.25, 0.3) is 5.89 Å². The van der Waals surface area contributed by atoms with Gasteiger partial charge in [-0.25, -0.2) is 0 Å². The molecule has 5 nitrogen and oxygen atoms in total. The standard InChI is InChI=1S/C28H34F3N3O2/c1-2-3-4-5-6-7-8-9-10-15-26-32-27(36-34-26)22-18-16-21(17-19-22)25(33-35)20-23-13-11-12-14-24(23)28(29,30)31/h11-14,16-19,25H,2-10,15,20H2,1H3. The third-order valence-corrected chi connectivity index (χ3v) is 6.38. The van der Waals surface area contributed by atoms with E-state index in [1.807, 2.05) is 0 Å². The van der Waals surface area contributed by atoms with Crippen LogP contribution in [0.2, 0.25) is 0 Å². The summed E-state index contributed by atoms with van der Waals surface area (Å²) in [6, 6.07) is 11.1. The first kappa shape index (κ1) is 27.9. The first-order chi connectivity index (χ1) is 17.4. The largest absolute Gasteiger partial charge is 0.416 e. The topological polar surface area (TPSA) is 72.9 Å². The Morgan fingerprint density at radius 2 is 1.53 bits per heavy atom. The normalized spacial score (nSPS) is 12.7. The average molecular weight is 502 g/mol. The second kappa shape index (κ2) is 14.1. The van der Waals surface area contributed by atoms with Crippen molar-refractivity contribution in [1.82, 2.24) is 15.6 Å². The number of halogens is 3. The van der Waals surface area contributed by atoms with E-state index in [0.717, 1.165) is 25.3 Å². The van der Waals surface area contributed by atoms with Crippen molar-refractivity contribution in [3.8, 4) is 11.5 Å². The van der Waals surface area contributed by atoms with Gasteiger partial charge < -0.3 is 4.52 Å². The molecule has 0 fully saturated rings. The Balaban J connectivity index is 1.51. The van der Waals surface area contributed by atoms with Crippen LogP contribution in [0.4, 0.5) is 13.2 Å². The lowest BCUT2D eigenvalue weighted by Crippen LogP contribution is -2.16. The monoisotopic (exact) mass is 501 g/mol. The molecular weight excluding hydrogens is 467 g/mol. The fraction of sp³-hybridized carbons (Fsp3) is 0.500. The summed E-state index contributed by atoms with van der Waals surface area (Å²) in [7, 11) is 0. The van der Waals surface area contributed by atoms with Crippen LogP contribution in [0.15, 0.2) is 53.1 Å². The smallest absolute Gasteiger partial charge is 0.334 e. The third kappa shape index (κ3) is 8.45. The quantitative estimate of drug-likeness (QED) is 0.156. The van der Waals surface area contributed by atoms with Gasteiger partial charge in [0, 0.05) is 12.0 Å². The van der Waals surface area contributed by atoms with Gasteiger partial charge >= 0.3 is 6.18 Å². The van der Waals surface area contributed by atoms with Crippen molar-refractivity contribution in [2.24, 2.45) is 0 Å². The molecule has 2 aromatic carbocycles. The molecule has 3 aromatic rings. The van der Waals surface area contributed by atoms with Crippen molar-refractivity contribution < 1.29 is 22.9 Å². The van der Waals surface area contributed by atoms with Crippen molar-refractivity contribution in [3.63, 3.8) is 0 Å². The molecular formula is C28H34F3N3O2. The molecule has 0 bridgehead atoms. The summed E-state index contributed by atoms with van der Waals surface area (Å²) in [5.41, 5.74) is 3.59. The van der Waals surface area contributed by atoms with Crippen LogP contribution in [-0.2, 0) is 24.2 Å². The molecule has 2 radical (unpaired) electrons. The van der Waals surface area contributed by atoms with Gasteiger partial charge in [-0.2, -0.15) is 18.2 Å². The van der Waals surface area contributed by atoms with Gasteiger partial charge in [-0.05, 0) is 42.2 Å². The van der Waals surface area contributed by atoms with Gasteiger partial charge in [-0.3, -0.25) is 0 Å². The van der Waals surface area contributed by atoms with E-state index >= 15 is 0 Å². The number of hydrogen-bond donors (Lipinski definition) is 0. The second-order valence-electron chi connectivity index (χ2n) is 9.20. The summed E-state index contributed by atoms with van der Waals surface area (Å²) in [6.45, 7) is 2.23. The van der Waals surface area contributed by atoms with Gasteiger partial charge in [0.15, 0.2) is 5.82 Å². The predicted molar refractivity (Wildman–Crippen MR) is 131 cm³/mol. The molecule has 3 rings (SSSR count). The number of alkyl halides is 3. The van der Waals surface area contributed by atoms with E-state index < -0.39 is 17.8 Å². The molecule has 8 heteroatoms. The number of hydroxylamine groups is 1. The van der Waals surface area contributed by atoms with Gasteiger partial charge in [0.05, 0.1) is 11.6 Å². The van der Waals surface area contributed by atoms with Crippen molar-refractivity contribution in [3.05, 3.63) is 71.0 Å². The van der Waals surface area contributed by atoms with Gasteiger partial charge in [0.2, 0.25) is 0 Å². The molecule has 194 valence electrons. The molecule has 1 aromatic heterocycles. The maximum atomic E-state index is 13.3. The molecule has 0 aliphatic rings. The van der Waals surface area contributed by atoms with Crippen LogP contribution in [0.3, 0.4) is 0 Å². The zero-order valence-corrected chi connectivity index (χ0v) is 20.8. The molecule has 1 atom stereocenters. The zero-order valence-electron chi connectivity index (χ0n) is 20.8. The lowest BCUT2D eigenvalue weighted by atomic mass is 9.95. The Morgan fingerprint density at radius 1 is 0.889 bits per heavy atom. The Morgan fingerprint density at radius 3 is 2.17 bits per heavy atom. The minimum Gasteiger partial charge on any atom is -0.334 e. The lowest BCUT2D eigenvalue weighted by Gasteiger charge is -2.17. The predicted octanol–water partition coefficient (Wildman–Crippen LogP) is 8.06. The molecule has 1 unspecified atom stereocenters. The fourth-order valence-corrected chi connectivity index (χ4v) is 4.31. The van der Waals surface area contributed by atoms with Gasteiger partial charge in [-0.1, -0.05) is 99.3 Å². The molecule has 1 heterocycles. The zero-order chi connectivity index (χ0) is 25.8. The number of aryl methyl sites for hydroxylation is 1. The molecule has 0 saturated heterocycles. The Bertz CT molecular complexity index is 1040. The third-order valence-electron chi connectivity index (χ3n) is 6.38. The minimum absolute atomic E-state index is 0.0386. The number of rotatable bonds is 15. The van der Waals surface area contributed by atoms with Crippen LogP contribution in [-0.4, -0.2) is 10.1 Å². The van der Waals surface area contributed by atoms with Crippen molar-refractivity contribution >= 4 is 0 Å². The molecule has 0 saturated carbocycles. The highest BCUT2D eigenvalue weighted by atomic mass is 19.4. The summed E-state index contributed by atoms with van der Waals surface area (Å²) < 4.78 is 45.3. The van der Waals surface area contributed by atoms with Crippen LogP contribution >= 0.6 is 0 Å². The summed E-state index contributed by atoms with van der Waals surface area (Å²) in [4.78, 5) is 4.46. The molecule has 0 amide bonds. The first-order valence-corrected chi connectivity index (χ1v) is 12.8. The maximum Gasteiger partial charge on any atom is 0.416 e. The van der Waals surface area contributed by atoms with Crippen molar-refractivity contribution in [1.29, 1.82) is 0 Å². The first-order valence-electron chi connectivity index (χ1n) is 12.8. The Hall–Kier alpha value is -2.71. The van der Waals surface area contributed by atoms with E-state index in [1.54, 1.807) is 24.3 Å². The fourth-order valence-electron chi connectivity index (χ4n) is 4.31. The number of nitrogens with zero attached hydrogens (tertiary/aromatic N) is 3. The summed E-state index contributed by atoms with van der Waals surface area (Å²) >= 11 is 0. The summed E-state index contributed by atoms with van der Waals surface area (Å²) in [6.07, 6.45) is 7.34. The Labute approximate surface area is 211 Å². The van der Waals surface area contributed by atoms with E-state index in [0.29, 0.717) is 22.8 Å². The van der Waals surface area contributed by atoms with Crippen LogP contribution in [0, 0.1) is 0 Å². The van der Waals surface area contributed by atoms with Gasteiger partial charge in [-0.15, -0.1) is 5.21 Å². The van der Waals surface area contributed by atoms with Crippen LogP contribution in [0.5, 0.6) is 0 Å². The van der Waals surface area contributed by atoms with E-state index in [-0.39, 0.29) is 12.0 Å². The van der Waals surface area contributed by atoms with Crippen LogP contribution in [0.25, 0.3) is 11.5 Å². The summed E-state index contributed by atoms with van der Waals surface area (Å²) in [5, 5.41) is 15.5. The highest BCUT2D eigenvalue weighted by molar-refractivity contribution is 5.53. The molecule has 0 N–H and O–H groups in total.